The van der Waals surface area contributed by atoms with E-state index in [2.05, 4.69) is 15.9 Å². The Bertz CT molecular complexity index is 333. The predicted molar refractivity (Wildman–Crippen MR) is 56.6 cm³/mol. The van der Waals surface area contributed by atoms with Gasteiger partial charge in [-0.1, -0.05) is 6.07 Å². The van der Waals surface area contributed by atoms with Gasteiger partial charge in [0.1, 0.15) is 0 Å². The van der Waals surface area contributed by atoms with Gasteiger partial charge in [-0.2, -0.15) is 13.2 Å². The Labute approximate surface area is 95.8 Å². The highest BCUT2D eigenvalue weighted by Crippen LogP contribution is 2.36. The van der Waals surface area contributed by atoms with Crippen molar-refractivity contribution < 1.29 is 13.2 Å². The molecule has 0 atom stereocenters. The van der Waals surface area contributed by atoms with Crippen LogP contribution in [0.1, 0.15) is 11.1 Å². The van der Waals surface area contributed by atoms with Gasteiger partial charge in [-0.15, -0.1) is 0 Å². The molecule has 0 aromatic heterocycles. The van der Waals surface area contributed by atoms with Crippen molar-refractivity contribution in [3.05, 3.63) is 31.3 Å². The molecule has 72 valence electrons. The van der Waals surface area contributed by atoms with E-state index in [0.717, 1.165) is 11.6 Å². The Morgan fingerprint density at radius 2 is 1.85 bits per heavy atom. The summed E-state index contributed by atoms with van der Waals surface area (Å²) >= 11 is 4.80. The lowest BCUT2D eigenvalue weighted by molar-refractivity contribution is -0.138. The number of alkyl halides is 3. The number of halogens is 5. The van der Waals surface area contributed by atoms with Crippen LogP contribution in [-0.4, -0.2) is 0 Å². The number of hydrogen-bond donors (Lipinski definition) is 0. The molecule has 1 rings (SSSR count). The van der Waals surface area contributed by atoms with Gasteiger partial charge >= 0.3 is 6.18 Å². The monoisotopic (exact) mass is 364 g/mol. The normalized spacial score (nSPS) is 11.8. The fourth-order valence-electron chi connectivity index (χ4n) is 0.865. The van der Waals surface area contributed by atoms with Gasteiger partial charge in [-0.3, -0.25) is 0 Å². The van der Waals surface area contributed by atoms with Crippen LogP contribution in [0, 0.1) is 10.5 Å². The van der Waals surface area contributed by atoms with Crippen LogP contribution in [0.15, 0.2) is 16.6 Å². The summed E-state index contributed by atoms with van der Waals surface area (Å²) in [5.74, 6) is 0. The fraction of sp³-hybridized carbons (Fsp3) is 0.250. The minimum atomic E-state index is -4.27. The van der Waals surface area contributed by atoms with Gasteiger partial charge in [-0.05, 0) is 57.1 Å². The van der Waals surface area contributed by atoms with Crippen molar-refractivity contribution in [2.24, 2.45) is 0 Å². The third-order valence-electron chi connectivity index (χ3n) is 1.58. The minimum absolute atomic E-state index is 0.213. The zero-order valence-corrected chi connectivity index (χ0v) is 10.3. The fourth-order valence-corrected chi connectivity index (χ4v) is 2.12. The molecule has 0 aliphatic carbocycles. The van der Waals surface area contributed by atoms with Crippen molar-refractivity contribution in [3.8, 4) is 0 Å². The largest absolute Gasteiger partial charge is 0.417 e. The smallest absolute Gasteiger partial charge is 0.166 e. The molecule has 0 spiro atoms. The molecule has 0 saturated heterocycles. The summed E-state index contributed by atoms with van der Waals surface area (Å²) in [6.45, 7) is 1.76. The summed E-state index contributed by atoms with van der Waals surface area (Å²) in [6.07, 6.45) is -4.27. The van der Waals surface area contributed by atoms with Crippen molar-refractivity contribution in [3.63, 3.8) is 0 Å². The zero-order valence-electron chi connectivity index (χ0n) is 6.54. The molecule has 0 saturated carbocycles. The van der Waals surface area contributed by atoms with Crippen LogP contribution in [0.25, 0.3) is 0 Å². The lowest BCUT2D eigenvalue weighted by Gasteiger charge is -2.11. The molecule has 0 bridgehead atoms. The highest BCUT2D eigenvalue weighted by Gasteiger charge is 2.33. The van der Waals surface area contributed by atoms with Crippen LogP contribution in [0.2, 0.25) is 0 Å². The highest BCUT2D eigenvalue weighted by atomic mass is 127. The van der Waals surface area contributed by atoms with Gasteiger partial charge in [0.15, 0.2) is 0 Å². The summed E-state index contributed by atoms with van der Waals surface area (Å²) < 4.78 is 37.7. The zero-order chi connectivity index (χ0) is 10.2. The summed E-state index contributed by atoms with van der Waals surface area (Å²) in [6, 6.07) is 2.55. The minimum Gasteiger partial charge on any atom is -0.166 e. The Morgan fingerprint density at radius 3 is 2.31 bits per heavy atom. The first kappa shape index (κ1) is 11.3. The first-order chi connectivity index (χ1) is 5.84. The maximum Gasteiger partial charge on any atom is 0.417 e. The molecule has 0 heterocycles. The molecule has 0 N–H and O–H groups in total. The molecule has 5 heteroatoms. The molecule has 0 amide bonds. The number of benzene rings is 1. The third-order valence-corrected chi connectivity index (χ3v) is 4.46. The van der Waals surface area contributed by atoms with E-state index >= 15 is 0 Å². The Morgan fingerprint density at radius 1 is 1.31 bits per heavy atom. The van der Waals surface area contributed by atoms with Gasteiger partial charge in [0.2, 0.25) is 0 Å². The number of hydrogen-bond acceptors (Lipinski definition) is 0. The van der Waals surface area contributed by atoms with E-state index in [0.29, 0.717) is 4.47 Å². The maximum absolute atomic E-state index is 12.3. The van der Waals surface area contributed by atoms with Crippen molar-refractivity contribution in [2.45, 2.75) is 13.1 Å². The van der Waals surface area contributed by atoms with Crippen LogP contribution in [0.3, 0.4) is 0 Å². The quantitative estimate of drug-likeness (QED) is 0.599. The first-order valence-corrected chi connectivity index (χ1v) is 5.23. The summed E-state index contributed by atoms with van der Waals surface area (Å²) in [5, 5.41) is 0. The second-order valence-electron chi connectivity index (χ2n) is 2.56. The van der Waals surface area contributed by atoms with E-state index in [-0.39, 0.29) is 3.57 Å². The molecular formula is C8H5BrF3I. The first-order valence-electron chi connectivity index (χ1n) is 3.36. The molecule has 0 unspecified atom stereocenters. The molecule has 0 fully saturated rings. The van der Waals surface area contributed by atoms with Crippen LogP contribution in [0.4, 0.5) is 13.2 Å². The summed E-state index contributed by atoms with van der Waals surface area (Å²) in [5.41, 5.74) is 0.211. The Kier molecular flexibility index (Phi) is 3.27. The molecule has 0 aliphatic heterocycles. The number of rotatable bonds is 0. The highest BCUT2D eigenvalue weighted by molar-refractivity contribution is 14.1. The Hall–Kier alpha value is 0.220. The average Bonchev–Trinajstić information content (AvgIpc) is 1.98. The molecule has 0 radical (unpaired) electrons. The second-order valence-corrected chi connectivity index (χ2v) is 4.43. The van der Waals surface area contributed by atoms with Gasteiger partial charge in [0.25, 0.3) is 0 Å². The lowest BCUT2D eigenvalue weighted by Crippen LogP contribution is -2.08. The molecule has 0 aliphatic rings. The van der Waals surface area contributed by atoms with Crippen LogP contribution >= 0.6 is 38.5 Å². The van der Waals surface area contributed by atoms with E-state index in [1.165, 1.54) is 6.07 Å². The molecular weight excluding hydrogens is 360 g/mol. The van der Waals surface area contributed by atoms with E-state index in [1.807, 2.05) is 0 Å². The van der Waals surface area contributed by atoms with E-state index in [1.54, 1.807) is 29.5 Å². The SMILES string of the molecule is Cc1ccc(C(F)(F)F)c(I)c1Br. The maximum atomic E-state index is 12.3. The number of aryl methyl sites for hydroxylation is 1. The van der Waals surface area contributed by atoms with Gasteiger partial charge in [-0.25, -0.2) is 0 Å². The second kappa shape index (κ2) is 3.76. The molecule has 0 nitrogen and oxygen atoms in total. The van der Waals surface area contributed by atoms with Crippen LogP contribution in [0.5, 0.6) is 0 Å². The van der Waals surface area contributed by atoms with Crippen molar-refractivity contribution in [1.82, 2.24) is 0 Å². The molecule has 1 aromatic carbocycles. The van der Waals surface area contributed by atoms with Crippen LogP contribution in [-0.2, 0) is 6.18 Å². The van der Waals surface area contributed by atoms with E-state index in [4.69, 9.17) is 0 Å². The van der Waals surface area contributed by atoms with Crippen molar-refractivity contribution in [1.29, 1.82) is 0 Å². The summed E-state index contributed by atoms with van der Waals surface area (Å²) in [4.78, 5) is 0. The van der Waals surface area contributed by atoms with Gasteiger partial charge in [0, 0.05) is 8.04 Å². The lowest BCUT2D eigenvalue weighted by atomic mass is 10.1. The molecule has 13 heavy (non-hydrogen) atoms. The average molecular weight is 365 g/mol. The Balaban J connectivity index is 3.35. The standard InChI is InChI=1S/C8H5BrF3I/c1-4-2-3-5(8(10,11)12)7(13)6(4)9/h2-3H,1H3. The molecule has 1 aromatic rings. The van der Waals surface area contributed by atoms with E-state index < -0.39 is 11.7 Å². The third kappa shape index (κ3) is 2.37. The van der Waals surface area contributed by atoms with Gasteiger partial charge in [0.05, 0.1) is 5.56 Å². The topological polar surface area (TPSA) is 0 Å². The summed E-state index contributed by atoms with van der Waals surface area (Å²) in [7, 11) is 0. The predicted octanol–water partition coefficient (Wildman–Crippen LogP) is 4.38. The van der Waals surface area contributed by atoms with Gasteiger partial charge < -0.3 is 0 Å². The van der Waals surface area contributed by atoms with E-state index in [9.17, 15) is 13.2 Å². The van der Waals surface area contributed by atoms with Crippen molar-refractivity contribution in [2.75, 3.05) is 0 Å². The van der Waals surface area contributed by atoms with Crippen LogP contribution < -0.4 is 0 Å². The van der Waals surface area contributed by atoms with Crippen molar-refractivity contribution >= 4 is 38.5 Å².